The number of hydrogen-bond donors (Lipinski definition) is 0. The summed E-state index contributed by atoms with van der Waals surface area (Å²) in [5.74, 6) is 0. The fraction of sp³-hybridized carbons (Fsp3) is 0.0312. The molecule has 0 amide bonds. The van der Waals surface area contributed by atoms with Gasteiger partial charge in [-0.2, -0.15) is 0 Å². The molecule has 0 saturated carbocycles. The number of aromatic nitrogens is 1. The normalized spacial score (nSPS) is 16.4. The van der Waals surface area contributed by atoms with Gasteiger partial charge in [-0.3, -0.25) is 4.98 Å². The average molecular weight is 468 g/mol. The first-order valence-corrected chi connectivity index (χ1v) is 14.0. The van der Waals surface area contributed by atoms with Crippen molar-refractivity contribution in [1.29, 1.82) is 0 Å². The van der Waals surface area contributed by atoms with E-state index in [2.05, 4.69) is 83.8 Å². The molecule has 1 aliphatic rings. The Bertz CT molecular complexity index is 1780. The van der Waals surface area contributed by atoms with E-state index in [0.717, 1.165) is 32.9 Å². The van der Waals surface area contributed by atoms with Crippen LogP contribution in [0.5, 0.6) is 0 Å². The highest BCUT2D eigenvalue weighted by molar-refractivity contribution is 7.79. The quantitative estimate of drug-likeness (QED) is 0.193. The van der Waals surface area contributed by atoms with Gasteiger partial charge in [0.25, 0.3) is 0 Å². The highest BCUT2D eigenvalue weighted by atomic mass is 31.2. The first-order chi connectivity index (χ1) is 17.1. The molecule has 0 saturated heterocycles. The molecule has 1 aliphatic heterocycles. The number of pyridine rings is 1. The predicted molar refractivity (Wildman–Crippen MR) is 148 cm³/mol. The summed E-state index contributed by atoms with van der Waals surface area (Å²) in [6, 6.07) is 36.0. The van der Waals surface area contributed by atoms with Gasteiger partial charge in [-0.25, -0.2) is 0 Å². The summed E-state index contributed by atoms with van der Waals surface area (Å²) >= 11 is 0. The molecule has 0 bridgehead atoms. The van der Waals surface area contributed by atoms with E-state index in [1.54, 1.807) is 0 Å². The highest BCUT2D eigenvalue weighted by Gasteiger charge is 2.34. The lowest BCUT2D eigenvalue weighted by molar-refractivity contribution is 0.591. The zero-order valence-electron chi connectivity index (χ0n) is 19.3. The van der Waals surface area contributed by atoms with Crippen molar-refractivity contribution in [3.63, 3.8) is 0 Å². The van der Waals surface area contributed by atoms with Gasteiger partial charge in [0.2, 0.25) is 0 Å². The molecule has 0 N–H and O–H groups in total. The molecular formula is C32H22NOP. The maximum Gasteiger partial charge on any atom is 0.141 e. The van der Waals surface area contributed by atoms with Crippen LogP contribution in [0, 0.1) is 0 Å². The zero-order valence-corrected chi connectivity index (χ0v) is 20.2. The van der Waals surface area contributed by atoms with Gasteiger partial charge in [-0.15, -0.1) is 0 Å². The number of fused-ring (bicyclic) bond motifs is 5. The second-order valence-corrected chi connectivity index (χ2v) is 12.1. The van der Waals surface area contributed by atoms with Gasteiger partial charge >= 0.3 is 0 Å². The summed E-state index contributed by atoms with van der Waals surface area (Å²) in [6.45, 7) is 1.89. The number of rotatable bonds is 2. The average Bonchev–Trinajstić information content (AvgIpc) is 3.14. The van der Waals surface area contributed by atoms with Crippen LogP contribution < -0.4 is 10.6 Å². The molecule has 1 unspecified atom stereocenters. The standard InChI is InChI=1S/C32H22NOP/c1-35(34)29-15-7-6-10-23(29)28-19-21(16-17-30(28)35)31-24-11-2-4-13-26(24)32(22-9-8-18-33-20-22)27-14-5-3-12-25(27)31/h2-20H,1H3. The van der Waals surface area contributed by atoms with Crippen LogP contribution in [-0.2, 0) is 4.57 Å². The molecular weight excluding hydrogens is 445 g/mol. The van der Waals surface area contributed by atoms with Crippen molar-refractivity contribution in [3.05, 3.63) is 116 Å². The van der Waals surface area contributed by atoms with E-state index < -0.39 is 7.14 Å². The van der Waals surface area contributed by atoms with Gasteiger partial charge in [-0.05, 0) is 74.2 Å². The van der Waals surface area contributed by atoms with Crippen molar-refractivity contribution in [2.45, 2.75) is 0 Å². The summed E-state index contributed by atoms with van der Waals surface area (Å²) in [6.07, 6.45) is 3.76. The molecule has 2 heterocycles. The Kier molecular flexibility index (Phi) is 4.37. The predicted octanol–water partition coefficient (Wildman–Crippen LogP) is 7.65. The Hall–Kier alpha value is -4.00. The second kappa shape index (κ2) is 7.50. The molecule has 0 aliphatic carbocycles. The van der Waals surface area contributed by atoms with E-state index in [4.69, 9.17) is 0 Å². The van der Waals surface area contributed by atoms with Crippen molar-refractivity contribution in [3.8, 4) is 33.4 Å². The van der Waals surface area contributed by atoms with Crippen LogP contribution >= 0.6 is 7.14 Å². The van der Waals surface area contributed by atoms with Crippen molar-refractivity contribution >= 4 is 39.3 Å². The third-order valence-electron chi connectivity index (χ3n) is 7.28. The minimum atomic E-state index is -2.59. The highest BCUT2D eigenvalue weighted by Crippen LogP contribution is 2.51. The van der Waals surface area contributed by atoms with Gasteiger partial charge in [-0.1, -0.05) is 84.9 Å². The Labute approximate surface area is 204 Å². The summed E-state index contributed by atoms with van der Waals surface area (Å²) in [5, 5.41) is 6.75. The fourth-order valence-corrected chi connectivity index (χ4v) is 8.03. The third-order valence-corrected chi connectivity index (χ3v) is 9.90. The third kappa shape index (κ3) is 2.90. The maximum atomic E-state index is 13.7. The SMILES string of the molecule is CP1(=O)c2ccccc2-c2cc(-c3c4ccccc4c(-c4cccnc4)c4ccccc34)ccc21. The second-order valence-electron chi connectivity index (χ2n) is 9.26. The van der Waals surface area contributed by atoms with E-state index in [-0.39, 0.29) is 0 Å². The van der Waals surface area contributed by atoms with Crippen LogP contribution in [0.2, 0.25) is 0 Å². The lowest BCUT2D eigenvalue weighted by Gasteiger charge is -2.18. The molecule has 0 fully saturated rings. The molecule has 166 valence electrons. The Balaban J connectivity index is 1.59. The molecule has 2 nitrogen and oxygen atoms in total. The van der Waals surface area contributed by atoms with Gasteiger partial charge in [0.15, 0.2) is 0 Å². The minimum Gasteiger partial charge on any atom is -0.314 e. The van der Waals surface area contributed by atoms with Crippen LogP contribution in [0.4, 0.5) is 0 Å². The lowest BCUT2D eigenvalue weighted by Crippen LogP contribution is -2.07. The monoisotopic (exact) mass is 467 g/mol. The molecule has 7 rings (SSSR count). The number of hydrogen-bond acceptors (Lipinski definition) is 2. The Morgan fingerprint density at radius 3 is 1.77 bits per heavy atom. The molecule has 1 aromatic heterocycles. The van der Waals surface area contributed by atoms with Crippen molar-refractivity contribution in [1.82, 2.24) is 4.98 Å². The van der Waals surface area contributed by atoms with E-state index >= 15 is 0 Å². The van der Waals surface area contributed by atoms with Gasteiger partial charge in [0.05, 0.1) is 0 Å². The molecule has 35 heavy (non-hydrogen) atoms. The molecule has 5 aromatic carbocycles. The smallest absolute Gasteiger partial charge is 0.141 e. The van der Waals surface area contributed by atoms with Crippen LogP contribution in [-0.4, -0.2) is 11.6 Å². The van der Waals surface area contributed by atoms with Crippen molar-refractivity contribution in [2.75, 3.05) is 6.66 Å². The van der Waals surface area contributed by atoms with Gasteiger partial charge in [0.1, 0.15) is 7.14 Å². The minimum absolute atomic E-state index is 0.961. The van der Waals surface area contributed by atoms with Crippen LogP contribution in [0.25, 0.3) is 54.9 Å². The van der Waals surface area contributed by atoms with E-state index in [1.165, 1.54) is 32.7 Å². The molecule has 3 heteroatoms. The first kappa shape index (κ1) is 20.4. The summed E-state index contributed by atoms with van der Waals surface area (Å²) in [7, 11) is -2.59. The van der Waals surface area contributed by atoms with Gasteiger partial charge < -0.3 is 4.57 Å². The molecule has 6 aromatic rings. The lowest BCUT2D eigenvalue weighted by atomic mass is 9.86. The Morgan fingerprint density at radius 2 is 1.14 bits per heavy atom. The largest absolute Gasteiger partial charge is 0.314 e. The summed E-state index contributed by atoms with van der Waals surface area (Å²) < 4.78 is 13.7. The first-order valence-electron chi connectivity index (χ1n) is 11.8. The topological polar surface area (TPSA) is 30.0 Å². The van der Waals surface area contributed by atoms with Crippen LogP contribution in [0.1, 0.15) is 0 Å². The molecule has 0 radical (unpaired) electrons. The van der Waals surface area contributed by atoms with Gasteiger partial charge in [0, 0.05) is 28.6 Å². The van der Waals surface area contributed by atoms with E-state index in [0.29, 0.717) is 0 Å². The fourth-order valence-electron chi connectivity index (χ4n) is 5.74. The van der Waals surface area contributed by atoms with Crippen LogP contribution in [0.15, 0.2) is 116 Å². The van der Waals surface area contributed by atoms with Crippen molar-refractivity contribution < 1.29 is 4.57 Å². The van der Waals surface area contributed by atoms with E-state index in [9.17, 15) is 4.57 Å². The maximum absolute atomic E-state index is 13.7. The van der Waals surface area contributed by atoms with Crippen molar-refractivity contribution in [2.24, 2.45) is 0 Å². The van der Waals surface area contributed by atoms with Crippen LogP contribution in [0.3, 0.4) is 0 Å². The zero-order chi connectivity index (χ0) is 23.6. The number of nitrogens with zero attached hydrogens (tertiary/aromatic N) is 1. The number of benzene rings is 5. The Morgan fingerprint density at radius 1 is 0.571 bits per heavy atom. The molecule has 0 spiro atoms. The summed E-state index contributed by atoms with van der Waals surface area (Å²) in [4.78, 5) is 4.40. The molecule has 1 atom stereocenters. The van der Waals surface area contributed by atoms with E-state index in [1.807, 2.05) is 43.3 Å². The summed E-state index contributed by atoms with van der Waals surface area (Å²) in [5.41, 5.74) is 6.86.